The molecule has 0 amide bonds. The van der Waals surface area contributed by atoms with Gasteiger partial charge in [0.2, 0.25) is 0 Å². The molecule has 1 rings (SSSR count). The van der Waals surface area contributed by atoms with E-state index in [0.29, 0.717) is 22.7 Å². The molecule has 4 heteroatoms. The molecule has 0 bridgehead atoms. The van der Waals surface area contributed by atoms with Gasteiger partial charge in [0, 0.05) is 12.1 Å². The van der Waals surface area contributed by atoms with Crippen molar-refractivity contribution in [1.82, 2.24) is 4.90 Å². The van der Waals surface area contributed by atoms with Crippen molar-refractivity contribution < 1.29 is 4.74 Å². The van der Waals surface area contributed by atoms with E-state index in [-0.39, 0.29) is 0 Å². The molecule has 1 aromatic carbocycles. The molecule has 0 aliphatic heterocycles. The number of rotatable bonds is 7. The number of hydrogen-bond acceptors (Lipinski definition) is 2. The van der Waals surface area contributed by atoms with Crippen LogP contribution in [0.2, 0.25) is 10.0 Å². The van der Waals surface area contributed by atoms with E-state index < -0.39 is 0 Å². The van der Waals surface area contributed by atoms with Gasteiger partial charge in [-0.3, -0.25) is 0 Å². The maximum Gasteiger partial charge on any atom is 0.120 e. The van der Waals surface area contributed by atoms with E-state index in [4.69, 9.17) is 27.9 Å². The molecule has 102 valence electrons. The Hall–Kier alpha value is -0.440. The summed E-state index contributed by atoms with van der Waals surface area (Å²) in [7, 11) is 0. The van der Waals surface area contributed by atoms with Crippen LogP contribution in [0.5, 0.6) is 5.75 Å². The third-order valence-electron chi connectivity index (χ3n) is 3.13. The van der Waals surface area contributed by atoms with Gasteiger partial charge in [-0.1, -0.05) is 37.0 Å². The zero-order chi connectivity index (χ0) is 13.5. The second-order valence-corrected chi connectivity index (χ2v) is 5.10. The Morgan fingerprint density at radius 3 is 2.39 bits per heavy atom. The van der Waals surface area contributed by atoms with Crippen molar-refractivity contribution in [1.29, 1.82) is 0 Å². The lowest BCUT2D eigenvalue weighted by Crippen LogP contribution is -2.33. The summed E-state index contributed by atoms with van der Waals surface area (Å²) >= 11 is 11.8. The number of nitrogens with zero attached hydrogens (tertiary/aromatic N) is 1. The van der Waals surface area contributed by atoms with Crippen molar-refractivity contribution in [3.05, 3.63) is 28.2 Å². The van der Waals surface area contributed by atoms with Crippen LogP contribution in [0.1, 0.15) is 27.2 Å². The highest BCUT2D eigenvalue weighted by Gasteiger charge is 2.09. The third-order valence-corrected chi connectivity index (χ3v) is 3.87. The van der Waals surface area contributed by atoms with Crippen molar-refractivity contribution in [2.24, 2.45) is 0 Å². The smallest absolute Gasteiger partial charge is 0.120 e. The Kier molecular flexibility index (Phi) is 6.83. The summed E-state index contributed by atoms with van der Waals surface area (Å²) in [6.45, 7) is 9.43. The maximum absolute atomic E-state index is 5.93. The first-order valence-electron chi connectivity index (χ1n) is 6.40. The van der Waals surface area contributed by atoms with E-state index in [9.17, 15) is 0 Å². The second kappa shape index (κ2) is 7.88. The van der Waals surface area contributed by atoms with Crippen molar-refractivity contribution >= 4 is 23.2 Å². The molecule has 1 unspecified atom stereocenters. The first kappa shape index (κ1) is 15.6. The fourth-order valence-corrected chi connectivity index (χ4v) is 2.23. The van der Waals surface area contributed by atoms with Gasteiger partial charge in [-0.25, -0.2) is 0 Å². The van der Waals surface area contributed by atoms with E-state index in [1.807, 2.05) is 6.07 Å². The first-order chi connectivity index (χ1) is 8.58. The summed E-state index contributed by atoms with van der Waals surface area (Å²) in [5.41, 5.74) is 0. The minimum atomic E-state index is 0.530. The molecule has 0 aliphatic carbocycles. The molecule has 2 nitrogen and oxygen atoms in total. The molecule has 18 heavy (non-hydrogen) atoms. The molecule has 0 radical (unpaired) electrons. The quantitative estimate of drug-likeness (QED) is 0.733. The van der Waals surface area contributed by atoms with Crippen LogP contribution in [0.4, 0.5) is 0 Å². The van der Waals surface area contributed by atoms with Crippen LogP contribution in [0, 0.1) is 0 Å². The summed E-state index contributed by atoms with van der Waals surface area (Å²) in [5, 5.41) is 1.09. The number of halogens is 2. The monoisotopic (exact) mass is 289 g/mol. The van der Waals surface area contributed by atoms with Crippen LogP contribution in [-0.2, 0) is 0 Å². The average molecular weight is 290 g/mol. The highest BCUT2D eigenvalue weighted by atomic mass is 35.5. The lowest BCUT2D eigenvalue weighted by Gasteiger charge is -2.26. The lowest BCUT2D eigenvalue weighted by molar-refractivity contribution is 0.189. The van der Waals surface area contributed by atoms with E-state index in [2.05, 4.69) is 25.7 Å². The number of benzene rings is 1. The standard InChI is InChI=1S/C14H21Cl2NO/c1-4-17(5-2)11(3)8-9-18-12-6-7-13(15)14(16)10-12/h6-7,10-11H,4-5,8-9H2,1-3H3. The van der Waals surface area contributed by atoms with Crippen LogP contribution < -0.4 is 4.74 Å². The van der Waals surface area contributed by atoms with Gasteiger partial charge in [-0.15, -0.1) is 0 Å². The Morgan fingerprint density at radius 2 is 1.83 bits per heavy atom. The highest BCUT2D eigenvalue weighted by Crippen LogP contribution is 2.26. The molecule has 0 fully saturated rings. The summed E-state index contributed by atoms with van der Waals surface area (Å²) in [6.07, 6.45) is 1.00. The van der Waals surface area contributed by atoms with E-state index in [0.717, 1.165) is 25.3 Å². The highest BCUT2D eigenvalue weighted by molar-refractivity contribution is 6.42. The summed E-state index contributed by atoms with van der Waals surface area (Å²) in [6, 6.07) is 5.89. The fourth-order valence-electron chi connectivity index (χ4n) is 1.94. The lowest BCUT2D eigenvalue weighted by atomic mass is 10.2. The van der Waals surface area contributed by atoms with Gasteiger partial charge in [0.05, 0.1) is 16.7 Å². The predicted molar refractivity (Wildman–Crippen MR) is 79.0 cm³/mol. The minimum Gasteiger partial charge on any atom is -0.493 e. The SMILES string of the molecule is CCN(CC)C(C)CCOc1ccc(Cl)c(Cl)c1. The number of hydrogen-bond donors (Lipinski definition) is 0. The van der Waals surface area contributed by atoms with Gasteiger partial charge in [0.15, 0.2) is 0 Å². The molecule has 0 aliphatic rings. The molecule has 0 aromatic heterocycles. The normalized spacial score (nSPS) is 12.8. The predicted octanol–water partition coefficient (Wildman–Crippen LogP) is 4.49. The largest absolute Gasteiger partial charge is 0.493 e. The minimum absolute atomic E-state index is 0.530. The maximum atomic E-state index is 5.93. The topological polar surface area (TPSA) is 12.5 Å². The van der Waals surface area contributed by atoms with Crippen LogP contribution in [0.15, 0.2) is 18.2 Å². The Bertz CT molecular complexity index is 367. The van der Waals surface area contributed by atoms with Gasteiger partial charge in [-0.2, -0.15) is 0 Å². The Balaban J connectivity index is 2.39. The molecular weight excluding hydrogens is 269 g/mol. The molecule has 0 saturated carbocycles. The average Bonchev–Trinajstić information content (AvgIpc) is 2.35. The van der Waals surface area contributed by atoms with Gasteiger partial charge in [0.25, 0.3) is 0 Å². The zero-order valence-electron chi connectivity index (χ0n) is 11.2. The first-order valence-corrected chi connectivity index (χ1v) is 7.16. The van der Waals surface area contributed by atoms with Crippen molar-refractivity contribution in [3.63, 3.8) is 0 Å². The molecule has 0 spiro atoms. The Labute approximate surface area is 120 Å². The van der Waals surface area contributed by atoms with Gasteiger partial charge >= 0.3 is 0 Å². The molecular formula is C14H21Cl2NO. The Morgan fingerprint density at radius 1 is 1.17 bits per heavy atom. The van der Waals surface area contributed by atoms with E-state index in [1.54, 1.807) is 12.1 Å². The van der Waals surface area contributed by atoms with Crippen molar-refractivity contribution in [2.45, 2.75) is 33.2 Å². The molecule has 1 aromatic rings. The second-order valence-electron chi connectivity index (χ2n) is 4.28. The summed E-state index contributed by atoms with van der Waals surface area (Å²) < 4.78 is 5.68. The zero-order valence-corrected chi connectivity index (χ0v) is 12.8. The molecule has 0 N–H and O–H groups in total. The van der Waals surface area contributed by atoms with E-state index in [1.165, 1.54) is 0 Å². The van der Waals surface area contributed by atoms with Crippen LogP contribution >= 0.6 is 23.2 Å². The fraction of sp³-hybridized carbons (Fsp3) is 0.571. The number of ether oxygens (including phenoxy) is 1. The van der Waals surface area contributed by atoms with E-state index >= 15 is 0 Å². The van der Waals surface area contributed by atoms with Gasteiger partial charge < -0.3 is 9.64 Å². The summed E-state index contributed by atoms with van der Waals surface area (Å²) in [4.78, 5) is 2.41. The van der Waals surface area contributed by atoms with Crippen LogP contribution in [-0.4, -0.2) is 30.6 Å². The van der Waals surface area contributed by atoms with Crippen LogP contribution in [0.3, 0.4) is 0 Å². The van der Waals surface area contributed by atoms with Gasteiger partial charge in [-0.05, 0) is 38.6 Å². The molecule has 1 atom stereocenters. The van der Waals surface area contributed by atoms with Crippen molar-refractivity contribution in [3.8, 4) is 5.75 Å². The molecule has 0 heterocycles. The molecule has 0 saturated heterocycles. The summed E-state index contributed by atoms with van der Waals surface area (Å²) in [5.74, 6) is 0.774. The van der Waals surface area contributed by atoms with Crippen LogP contribution in [0.25, 0.3) is 0 Å². The third kappa shape index (κ3) is 4.68. The van der Waals surface area contributed by atoms with Crippen molar-refractivity contribution in [2.75, 3.05) is 19.7 Å². The van der Waals surface area contributed by atoms with Gasteiger partial charge in [0.1, 0.15) is 5.75 Å².